The average Bonchev–Trinajstić information content (AvgIpc) is 2.79. The van der Waals surface area contributed by atoms with E-state index in [1.807, 2.05) is 11.3 Å². The molecule has 0 amide bonds. The van der Waals surface area contributed by atoms with Gasteiger partial charge in [0, 0.05) is 15.9 Å². The Labute approximate surface area is 114 Å². The molecule has 0 radical (unpaired) electrons. The molecule has 0 bridgehead atoms. The van der Waals surface area contributed by atoms with E-state index in [0.717, 1.165) is 16.5 Å². The molecule has 1 unspecified atom stereocenters. The fourth-order valence-electron chi connectivity index (χ4n) is 2.52. The zero-order valence-corrected chi connectivity index (χ0v) is 12.4. The number of hydrogen-bond acceptors (Lipinski definition) is 3. The van der Waals surface area contributed by atoms with Crippen LogP contribution in [0.1, 0.15) is 31.2 Å². The highest BCUT2D eigenvalue weighted by atomic mass is 79.9. The second-order valence-corrected chi connectivity index (χ2v) is 7.13. The SMILES string of the molecule is CC1(C)NCCC1c1nc2cc(Br)ccc2s1. The van der Waals surface area contributed by atoms with Crippen LogP contribution in [0.3, 0.4) is 0 Å². The summed E-state index contributed by atoms with van der Waals surface area (Å²) >= 11 is 5.33. The zero-order chi connectivity index (χ0) is 12.0. The molecule has 2 heterocycles. The first kappa shape index (κ1) is 11.6. The molecule has 1 fully saturated rings. The summed E-state index contributed by atoms with van der Waals surface area (Å²) in [6, 6.07) is 6.34. The van der Waals surface area contributed by atoms with Crippen LogP contribution >= 0.6 is 27.3 Å². The molecule has 2 aromatic rings. The highest BCUT2D eigenvalue weighted by molar-refractivity contribution is 9.10. The Balaban J connectivity index is 2.06. The van der Waals surface area contributed by atoms with Crippen LogP contribution < -0.4 is 5.32 Å². The first-order valence-electron chi connectivity index (χ1n) is 5.87. The van der Waals surface area contributed by atoms with Gasteiger partial charge in [0.05, 0.1) is 15.2 Å². The molecule has 17 heavy (non-hydrogen) atoms. The molecule has 0 spiro atoms. The van der Waals surface area contributed by atoms with E-state index in [9.17, 15) is 0 Å². The first-order chi connectivity index (χ1) is 8.06. The maximum atomic E-state index is 4.80. The summed E-state index contributed by atoms with van der Waals surface area (Å²) < 4.78 is 2.39. The van der Waals surface area contributed by atoms with Crippen molar-refractivity contribution in [2.45, 2.75) is 31.7 Å². The number of nitrogens with zero attached hydrogens (tertiary/aromatic N) is 1. The normalized spacial score (nSPS) is 23.4. The van der Waals surface area contributed by atoms with E-state index in [2.05, 4.69) is 53.3 Å². The molecule has 2 nitrogen and oxygen atoms in total. The van der Waals surface area contributed by atoms with Gasteiger partial charge in [0.15, 0.2) is 0 Å². The van der Waals surface area contributed by atoms with Crippen LogP contribution in [0.2, 0.25) is 0 Å². The quantitative estimate of drug-likeness (QED) is 0.863. The Morgan fingerprint density at radius 2 is 2.29 bits per heavy atom. The predicted octanol–water partition coefficient (Wildman–Crippen LogP) is 3.91. The maximum Gasteiger partial charge on any atom is 0.0988 e. The smallest absolute Gasteiger partial charge is 0.0988 e. The van der Waals surface area contributed by atoms with Crippen molar-refractivity contribution in [3.63, 3.8) is 0 Å². The van der Waals surface area contributed by atoms with Gasteiger partial charge in [-0.1, -0.05) is 15.9 Å². The molecule has 1 atom stereocenters. The molecule has 1 aromatic heterocycles. The molecular weight excluding hydrogens is 296 g/mol. The molecule has 1 N–H and O–H groups in total. The highest BCUT2D eigenvalue weighted by Gasteiger charge is 2.37. The Morgan fingerprint density at radius 3 is 3.00 bits per heavy atom. The third-order valence-electron chi connectivity index (χ3n) is 3.55. The minimum absolute atomic E-state index is 0.172. The number of fused-ring (bicyclic) bond motifs is 1. The van der Waals surface area contributed by atoms with E-state index in [1.54, 1.807) is 0 Å². The lowest BCUT2D eigenvalue weighted by molar-refractivity contribution is 0.410. The van der Waals surface area contributed by atoms with Gasteiger partial charge in [0.25, 0.3) is 0 Å². The van der Waals surface area contributed by atoms with Crippen LogP contribution in [0.25, 0.3) is 10.2 Å². The Bertz CT molecular complexity index is 562. The summed E-state index contributed by atoms with van der Waals surface area (Å²) in [5, 5.41) is 4.83. The lowest BCUT2D eigenvalue weighted by Gasteiger charge is -2.25. The zero-order valence-electron chi connectivity index (χ0n) is 9.96. The van der Waals surface area contributed by atoms with Gasteiger partial charge in [-0.3, -0.25) is 0 Å². The molecular formula is C13H15BrN2S. The second kappa shape index (κ2) is 4.04. The molecule has 1 aliphatic heterocycles. The van der Waals surface area contributed by atoms with E-state index >= 15 is 0 Å². The number of benzene rings is 1. The van der Waals surface area contributed by atoms with Crippen molar-refractivity contribution in [1.82, 2.24) is 10.3 Å². The minimum Gasteiger partial charge on any atom is -0.311 e. The van der Waals surface area contributed by atoms with Gasteiger partial charge in [-0.15, -0.1) is 11.3 Å². The lowest BCUT2D eigenvalue weighted by Crippen LogP contribution is -2.36. The van der Waals surface area contributed by atoms with Crippen molar-refractivity contribution < 1.29 is 0 Å². The largest absolute Gasteiger partial charge is 0.311 e. The maximum absolute atomic E-state index is 4.80. The Morgan fingerprint density at radius 1 is 1.47 bits per heavy atom. The van der Waals surface area contributed by atoms with E-state index in [1.165, 1.54) is 16.1 Å². The number of rotatable bonds is 1. The molecule has 4 heteroatoms. The molecule has 1 aromatic carbocycles. The van der Waals surface area contributed by atoms with Gasteiger partial charge in [0.2, 0.25) is 0 Å². The summed E-state index contributed by atoms with van der Waals surface area (Å²) in [7, 11) is 0. The van der Waals surface area contributed by atoms with Crippen molar-refractivity contribution in [3.8, 4) is 0 Å². The topological polar surface area (TPSA) is 24.9 Å². The predicted molar refractivity (Wildman–Crippen MR) is 76.8 cm³/mol. The van der Waals surface area contributed by atoms with Gasteiger partial charge in [0.1, 0.15) is 0 Å². The Kier molecular flexibility index (Phi) is 2.76. The molecule has 3 rings (SSSR count). The summed E-state index contributed by atoms with van der Waals surface area (Å²) in [4.78, 5) is 4.80. The standard InChI is InChI=1S/C13H15BrN2S/c1-13(2)9(5-6-15-13)12-16-10-7-8(14)3-4-11(10)17-12/h3-4,7,9,15H,5-6H2,1-2H3. The number of halogens is 1. The van der Waals surface area contributed by atoms with Crippen molar-refractivity contribution in [2.24, 2.45) is 0 Å². The Hall–Kier alpha value is -0.450. The lowest BCUT2D eigenvalue weighted by atomic mass is 9.90. The van der Waals surface area contributed by atoms with Crippen LogP contribution in [0.5, 0.6) is 0 Å². The molecule has 1 aliphatic rings. The number of nitrogens with one attached hydrogen (secondary N) is 1. The highest BCUT2D eigenvalue weighted by Crippen LogP contribution is 2.39. The monoisotopic (exact) mass is 310 g/mol. The number of aromatic nitrogens is 1. The molecule has 0 saturated carbocycles. The van der Waals surface area contributed by atoms with Crippen LogP contribution in [-0.4, -0.2) is 17.1 Å². The van der Waals surface area contributed by atoms with Gasteiger partial charge >= 0.3 is 0 Å². The molecule has 0 aliphatic carbocycles. The van der Waals surface area contributed by atoms with E-state index in [-0.39, 0.29) is 5.54 Å². The van der Waals surface area contributed by atoms with E-state index in [0.29, 0.717) is 5.92 Å². The fourth-order valence-corrected chi connectivity index (χ4v) is 4.14. The van der Waals surface area contributed by atoms with Crippen molar-refractivity contribution in [2.75, 3.05) is 6.54 Å². The fraction of sp³-hybridized carbons (Fsp3) is 0.462. The first-order valence-corrected chi connectivity index (χ1v) is 7.48. The summed E-state index contributed by atoms with van der Waals surface area (Å²) in [6.07, 6.45) is 1.19. The van der Waals surface area contributed by atoms with Gasteiger partial charge in [-0.05, 0) is 45.0 Å². The van der Waals surface area contributed by atoms with Gasteiger partial charge in [-0.2, -0.15) is 0 Å². The average molecular weight is 311 g/mol. The van der Waals surface area contributed by atoms with Crippen molar-refractivity contribution in [3.05, 3.63) is 27.7 Å². The van der Waals surface area contributed by atoms with Crippen LogP contribution in [0.15, 0.2) is 22.7 Å². The van der Waals surface area contributed by atoms with Crippen molar-refractivity contribution in [1.29, 1.82) is 0 Å². The summed E-state index contributed by atoms with van der Waals surface area (Å²) in [5.74, 6) is 0.540. The molecule has 90 valence electrons. The van der Waals surface area contributed by atoms with Gasteiger partial charge in [-0.25, -0.2) is 4.98 Å². The third-order valence-corrected chi connectivity index (χ3v) is 5.19. The van der Waals surface area contributed by atoms with E-state index < -0.39 is 0 Å². The van der Waals surface area contributed by atoms with Crippen LogP contribution in [0.4, 0.5) is 0 Å². The second-order valence-electron chi connectivity index (χ2n) is 5.15. The summed E-state index contributed by atoms with van der Waals surface area (Å²) in [6.45, 7) is 5.64. The van der Waals surface area contributed by atoms with Gasteiger partial charge < -0.3 is 5.32 Å². The number of hydrogen-bond donors (Lipinski definition) is 1. The van der Waals surface area contributed by atoms with Crippen LogP contribution in [-0.2, 0) is 0 Å². The van der Waals surface area contributed by atoms with E-state index in [4.69, 9.17) is 4.98 Å². The number of thiazole rings is 1. The van der Waals surface area contributed by atoms with Crippen molar-refractivity contribution >= 4 is 37.5 Å². The minimum atomic E-state index is 0.172. The summed E-state index contributed by atoms with van der Waals surface area (Å²) in [5.41, 5.74) is 1.28. The third kappa shape index (κ3) is 2.02. The van der Waals surface area contributed by atoms with Crippen LogP contribution in [0, 0.1) is 0 Å². The molecule has 1 saturated heterocycles.